The predicted octanol–water partition coefficient (Wildman–Crippen LogP) is -1.41. The van der Waals surface area contributed by atoms with Crippen LogP contribution in [0.4, 0.5) is 0 Å². The van der Waals surface area contributed by atoms with E-state index in [0.717, 1.165) is 11.8 Å². The molecule has 5 N–H and O–H groups in total. The highest BCUT2D eigenvalue weighted by atomic mass is 32.3. The van der Waals surface area contributed by atoms with Gasteiger partial charge in [0.15, 0.2) is 0 Å². The highest BCUT2D eigenvalue weighted by molar-refractivity contribution is 8.14. The Labute approximate surface area is 164 Å². The molecule has 0 unspecified atom stereocenters. The van der Waals surface area contributed by atoms with Crippen LogP contribution in [0.25, 0.3) is 0 Å². The fourth-order valence-corrected chi connectivity index (χ4v) is 4.22. The number of oxime groups is 1. The van der Waals surface area contributed by atoms with Crippen molar-refractivity contribution >= 4 is 38.0 Å². The van der Waals surface area contributed by atoms with Gasteiger partial charge >= 0.3 is 10.4 Å². The van der Waals surface area contributed by atoms with Gasteiger partial charge in [-0.05, 0) is 19.3 Å². The Morgan fingerprint density at radius 3 is 2.41 bits per heavy atom. The van der Waals surface area contributed by atoms with Crippen molar-refractivity contribution in [3.63, 3.8) is 0 Å². The molecule has 0 saturated carbocycles. The zero-order valence-corrected chi connectivity index (χ0v) is 17.0. The summed E-state index contributed by atoms with van der Waals surface area (Å²) in [5.41, 5.74) is -1.16. The van der Waals surface area contributed by atoms with Gasteiger partial charge < -0.3 is 25.2 Å². The van der Waals surface area contributed by atoms with E-state index in [4.69, 9.17) is 9.29 Å². The number of aliphatic hydroxyl groups excluding tert-OH is 4. The Bertz CT molecular complexity index is 611. The lowest BCUT2D eigenvalue weighted by molar-refractivity contribution is -0.205. The Kier molecular flexibility index (Phi) is 10.6. The number of rotatable bonds is 10. The first-order valence-electron chi connectivity index (χ1n) is 8.05. The molecular formula is C13H25NO10S3. The van der Waals surface area contributed by atoms with Crippen LogP contribution in [0.1, 0.15) is 25.7 Å². The van der Waals surface area contributed by atoms with E-state index in [1.54, 1.807) is 6.26 Å². The smallest absolute Gasteiger partial charge is 0.394 e. The van der Waals surface area contributed by atoms with Crippen molar-refractivity contribution < 1.29 is 46.6 Å². The molecule has 6 atom stereocenters. The van der Waals surface area contributed by atoms with Gasteiger partial charge in [-0.3, -0.25) is 8.76 Å². The van der Waals surface area contributed by atoms with Gasteiger partial charge in [0.1, 0.15) is 34.9 Å². The largest absolute Gasteiger partial charge is 0.466 e. The molecule has 0 aromatic carbocycles. The van der Waals surface area contributed by atoms with Crippen LogP contribution < -0.4 is 0 Å². The number of unbranched alkanes of at least 4 members (excludes halogenated alkanes) is 2. The summed E-state index contributed by atoms with van der Waals surface area (Å²) in [6.45, 7) is -0.607. The van der Waals surface area contributed by atoms with Crippen molar-refractivity contribution in [2.75, 3.05) is 18.6 Å². The summed E-state index contributed by atoms with van der Waals surface area (Å²) in [6.07, 6.45) is -2.11. The van der Waals surface area contributed by atoms with Gasteiger partial charge in [0, 0.05) is 22.8 Å². The first-order valence-corrected chi connectivity index (χ1v) is 12.0. The standard InChI is InChI=1S/C13H25NO10S3/c1-26(19)6-4-2-3-5-9(14-24-27(20,21)22)25-13-12(18)11(17)10(16)8(7-15)23-13/h8,10-13,15-18H,2-7H2,1H3,(H,20,21,22)/t8-,10-,11+,12-,13+,26+/m1/s1. The van der Waals surface area contributed by atoms with E-state index in [2.05, 4.69) is 9.44 Å². The molecule has 1 fully saturated rings. The summed E-state index contributed by atoms with van der Waals surface area (Å²) in [6, 6.07) is 0. The maximum absolute atomic E-state index is 11.0. The minimum Gasteiger partial charge on any atom is -0.394 e. The predicted molar refractivity (Wildman–Crippen MR) is 98.8 cm³/mol. The van der Waals surface area contributed by atoms with Gasteiger partial charge in [0.05, 0.1) is 6.61 Å². The summed E-state index contributed by atoms with van der Waals surface area (Å²) in [7, 11) is -5.75. The van der Waals surface area contributed by atoms with Gasteiger partial charge in [-0.15, -0.1) is 0 Å². The van der Waals surface area contributed by atoms with E-state index in [9.17, 15) is 33.1 Å². The molecular weight excluding hydrogens is 426 g/mol. The second kappa shape index (κ2) is 11.6. The van der Waals surface area contributed by atoms with E-state index >= 15 is 0 Å². The van der Waals surface area contributed by atoms with E-state index < -0.39 is 57.7 Å². The maximum atomic E-state index is 11.0. The molecule has 11 nitrogen and oxygen atoms in total. The van der Waals surface area contributed by atoms with Gasteiger partial charge in [0.2, 0.25) is 0 Å². The van der Waals surface area contributed by atoms with Crippen LogP contribution in [0.15, 0.2) is 5.16 Å². The summed E-state index contributed by atoms with van der Waals surface area (Å²) in [5.74, 6) is 0.522. The molecule has 1 heterocycles. The average Bonchev–Trinajstić information content (AvgIpc) is 2.58. The second-order valence-corrected chi connectivity index (χ2v) is 9.62. The van der Waals surface area contributed by atoms with Crippen molar-refractivity contribution in [3.05, 3.63) is 0 Å². The zero-order valence-electron chi connectivity index (χ0n) is 14.6. The Balaban J connectivity index is 2.75. The quantitative estimate of drug-likeness (QED) is 0.0864. The average molecular weight is 452 g/mol. The molecule has 160 valence electrons. The molecule has 0 aliphatic carbocycles. The summed E-state index contributed by atoms with van der Waals surface area (Å²) >= 11 is 0.739. The third-order valence-electron chi connectivity index (χ3n) is 3.66. The lowest BCUT2D eigenvalue weighted by Crippen LogP contribution is -2.57. The number of hydrogen-bond acceptors (Lipinski definition) is 11. The fraction of sp³-hybridized carbons (Fsp3) is 0.923. The molecule has 0 aromatic heterocycles. The Hall–Kier alpha value is -0.320. The minimum absolute atomic E-state index is 0.0505. The van der Waals surface area contributed by atoms with Crippen LogP contribution in [-0.4, -0.2) is 91.1 Å². The third-order valence-corrected chi connectivity index (χ3v) is 5.96. The molecule has 1 saturated heterocycles. The highest BCUT2D eigenvalue weighted by Gasteiger charge is 2.44. The van der Waals surface area contributed by atoms with Crippen molar-refractivity contribution in [1.29, 1.82) is 0 Å². The molecule has 0 amide bonds. The van der Waals surface area contributed by atoms with Crippen LogP contribution in [0, 0.1) is 0 Å². The number of aliphatic hydroxyl groups is 4. The van der Waals surface area contributed by atoms with Gasteiger partial charge in [-0.1, -0.05) is 23.3 Å². The molecule has 0 radical (unpaired) electrons. The fourth-order valence-electron chi connectivity index (χ4n) is 2.27. The van der Waals surface area contributed by atoms with E-state index in [-0.39, 0.29) is 11.5 Å². The SMILES string of the molecule is C[S@](=O)CCCCCC(=NOS(=O)(=O)O)S[C@@H]1O[C@H](CO)[C@@H](O)[C@H](O)[C@H]1O. The first-order chi connectivity index (χ1) is 12.5. The molecule has 0 bridgehead atoms. The molecule has 14 heteroatoms. The van der Waals surface area contributed by atoms with Crippen LogP contribution in [-0.2, 0) is 30.2 Å². The topological polar surface area (TPSA) is 183 Å². The van der Waals surface area contributed by atoms with Crippen molar-refractivity contribution in [3.8, 4) is 0 Å². The number of nitrogens with zero attached hydrogens (tertiary/aromatic N) is 1. The molecule has 1 aliphatic heterocycles. The van der Waals surface area contributed by atoms with Crippen molar-refractivity contribution in [2.45, 2.75) is 55.5 Å². The van der Waals surface area contributed by atoms with Crippen molar-refractivity contribution in [1.82, 2.24) is 0 Å². The molecule has 1 aliphatic rings. The lowest BCUT2D eigenvalue weighted by atomic mass is 10.0. The molecule has 1 rings (SSSR count). The molecule has 0 aromatic rings. The zero-order chi connectivity index (χ0) is 20.6. The number of ether oxygens (including phenoxy) is 1. The Morgan fingerprint density at radius 1 is 1.19 bits per heavy atom. The van der Waals surface area contributed by atoms with Gasteiger partial charge in [-0.25, -0.2) is 4.28 Å². The third kappa shape index (κ3) is 9.15. The summed E-state index contributed by atoms with van der Waals surface area (Å²) < 4.78 is 50.5. The van der Waals surface area contributed by atoms with Crippen LogP contribution in [0.3, 0.4) is 0 Å². The van der Waals surface area contributed by atoms with Crippen LogP contribution >= 0.6 is 11.8 Å². The maximum Gasteiger partial charge on any atom is 0.466 e. The molecule has 0 spiro atoms. The normalized spacial score (nSPS) is 30.9. The number of thioether (sulfide) groups is 1. The Morgan fingerprint density at radius 2 is 1.85 bits per heavy atom. The van der Waals surface area contributed by atoms with Gasteiger partial charge in [0.25, 0.3) is 0 Å². The lowest BCUT2D eigenvalue weighted by Gasteiger charge is -2.39. The van der Waals surface area contributed by atoms with E-state index in [1.165, 1.54) is 0 Å². The molecule has 27 heavy (non-hydrogen) atoms. The first kappa shape index (κ1) is 24.7. The van der Waals surface area contributed by atoms with Crippen molar-refractivity contribution in [2.24, 2.45) is 5.16 Å². The van der Waals surface area contributed by atoms with Gasteiger partial charge in [-0.2, -0.15) is 8.42 Å². The second-order valence-electron chi connectivity index (χ2n) is 5.89. The monoisotopic (exact) mass is 451 g/mol. The number of hydrogen-bond donors (Lipinski definition) is 5. The summed E-state index contributed by atoms with van der Waals surface area (Å²) in [5, 5.41) is 42.2. The van der Waals surface area contributed by atoms with E-state index in [1.807, 2.05) is 0 Å². The van der Waals surface area contributed by atoms with Crippen LogP contribution in [0.5, 0.6) is 0 Å². The van der Waals surface area contributed by atoms with E-state index in [0.29, 0.717) is 25.0 Å². The summed E-state index contributed by atoms with van der Waals surface area (Å²) in [4.78, 5) is 0. The van der Waals surface area contributed by atoms with Crippen LogP contribution in [0.2, 0.25) is 0 Å². The highest BCUT2D eigenvalue weighted by Crippen LogP contribution is 2.30. The minimum atomic E-state index is -4.83.